The molecule has 3 rings (SSSR count). The molecule has 0 bridgehead atoms. The molecule has 0 saturated heterocycles. The second-order valence-electron chi connectivity index (χ2n) is 11.2. The number of hydrogen-bond acceptors (Lipinski definition) is 8. The van der Waals surface area contributed by atoms with Crippen LogP contribution in [0.25, 0.3) is 0 Å². The number of rotatable bonds is 21. The van der Waals surface area contributed by atoms with Gasteiger partial charge in [0.15, 0.2) is 11.5 Å². The van der Waals surface area contributed by atoms with Crippen molar-refractivity contribution in [2.45, 2.75) is 83.0 Å². The van der Waals surface area contributed by atoms with E-state index in [-0.39, 0.29) is 55.0 Å². The summed E-state index contributed by atoms with van der Waals surface area (Å²) >= 11 is 0. The predicted octanol–water partition coefficient (Wildman–Crippen LogP) is 4.89. The number of benzene rings is 1. The van der Waals surface area contributed by atoms with Gasteiger partial charge in [0, 0.05) is 43.7 Å². The topological polar surface area (TPSA) is 157 Å². The normalized spacial score (nSPS) is 12.6. The van der Waals surface area contributed by atoms with E-state index in [2.05, 4.69) is 9.97 Å². The van der Waals surface area contributed by atoms with Crippen LogP contribution >= 0.6 is 0 Å². The van der Waals surface area contributed by atoms with Crippen LogP contribution in [0.2, 0.25) is 0 Å². The highest BCUT2D eigenvalue weighted by molar-refractivity contribution is 5.99. The fourth-order valence-corrected chi connectivity index (χ4v) is 5.60. The van der Waals surface area contributed by atoms with Gasteiger partial charge in [0.05, 0.1) is 13.5 Å². The number of carbonyl (C=O) groups is 2. The first-order chi connectivity index (χ1) is 20.9. The smallest absolute Gasteiger partial charge is 0.161 e. The van der Waals surface area contributed by atoms with Crippen molar-refractivity contribution >= 4 is 17.4 Å². The van der Waals surface area contributed by atoms with Gasteiger partial charge in [0.2, 0.25) is 0 Å². The lowest BCUT2D eigenvalue weighted by molar-refractivity contribution is -0.127. The molecule has 43 heavy (non-hydrogen) atoms. The zero-order valence-electron chi connectivity index (χ0n) is 25.2. The van der Waals surface area contributed by atoms with Gasteiger partial charge in [-0.1, -0.05) is 50.3 Å². The molecule has 1 aromatic carbocycles. The van der Waals surface area contributed by atoms with Gasteiger partial charge in [-0.05, 0) is 60.9 Å². The van der Waals surface area contributed by atoms with Crippen molar-refractivity contribution in [2.24, 2.45) is 5.92 Å². The molecule has 0 aliphatic heterocycles. The average molecular weight is 593 g/mol. The number of nitrogens with zero attached hydrogens (tertiary/aromatic N) is 2. The highest BCUT2D eigenvalue weighted by Crippen LogP contribution is 2.43. The number of carbonyl (C=O) groups excluding carboxylic acids is 2. The summed E-state index contributed by atoms with van der Waals surface area (Å²) < 4.78 is 5.51. The van der Waals surface area contributed by atoms with E-state index < -0.39 is 5.92 Å². The van der Waals surface area contributed by atoms with E-state index in [0.29, 0.717) is 30.6 Å². The molecule has 0 spiro atoms. The average Bonchev–Trinajstić information content (AvgIpc) is 3.51. The number of aryl methyl sites for hydroxylation is 1. The summed E-state index contributed by atoms with van der Waals surface area (Å²) in [6.45, 7) is 0.0689. The fourth-order valence-electron chi connectivity index (χ4n) is 5.60. The maximum absolute atomic E-state index is 12.7. The minimum absolute atomic E-state index is 0.0310. The van der Waals surface area contributed by atoms with Crippen molar-refractivity contribution in [3.05, 3.63) is 71.2 Å². The second kappa shape index (κ2) is 18.1. The van der Waals surface area contributed by atoms with Crippen molar-refractivity contribution in [2.75, 3.05) is 26.1 Å². The third-order valence-electron chi connectivity index (χ3n) is 7.88. The maximum atomic E-state index is 12.7. The molecule has 0 aliphatic carbocycles. The van der Waals surface area contributed by atoms with Crippen molar-refractivity contribution < 1.29 is 29.6 Å². The number of nitrogen functional groups attached to an aromatic ring is 1. The highest BCUT2D eigenvalue weighted by atomic mass is 16.5. The van der Waals surface area contributed by atoms with Crippen molar-refractivity contribution in [1.29, 1.82) is 0 Å². The monoisotopic (exact) mass is 592 g/mol. The first kappa shape index (κ1) is 33.8. The van der Waals surface area contributed by atoms with E-state index in [1.807, 2.05) is 24.3 Å². The Balaban J connectivity index is 1.70. The summed E-state index contributed by atoms with van der Waals surface area (Å²) in [6.07, 6.45) is 11.6. The van der Waals surface area contributed by atoms with Gasteiger partial charge >= 0.3 is 0 Å². The van der Waals surface area contributed by atoms with Crippen LogP contribution in [0.5, 0.6) is 11.5 Å². The maximum Gasteiger partial charge on any atom is 0.161 e. The quantitative estimate of drug-likeness (QED) is 0.0998. The second-order valence-corrected chi connectivity index (χ2v) is 11.2. The van der Waals surface area contributed by atoms with E-state index in [1.165, 1.54) is 7.11 Å². The number of aliphatic hydroxyl groups excluding tert-OH is 2. The van der Waals surface area contributed by atoms with Crippen LogP contribution in [0.3, 0.4) is 0 Å². The first-order valence-electron chi connectivity index (χ1n) is 15.3. The molecule has 2 atom stereocenters. The van der Waals surface area contributed by atoms with Crippen LogP contribution in [-0.4, -0.2) is 52.2 Å². The van der Waals surface area contributed by atoms with E-state index >= 15 is 0 Å². The van der Waals surface area contributed by atoms with Gasteiger partial charge in [-0.25, -0.2) is 4.98 Å². The number of nitrogens with two attached hydrogens (primary N) is 1. The number of aromatic hydroxyl groups is 1. The standard InChI is InChI=1S/C34H46N3O6/c1-43-31-19-24(12-13-29(41)22-28(40)11-7-5-3-2-4-6-8-17-38)18-30(34(31)42)33(25-14-16-37-32(35)21-25)26(23-39)20-27-10-9-15-36-27/h9-10,14-16,18-19,21,26,33,38-39,42H,2-8,11-13,17,20,22-23H2,1H3,(H2,35,37)/q-1/t26-,33-/m0/s1. The number of aliphatic hydroxyl groups is 2. The summed E-state index contributed by atoms with van der Waals surface area (Å²) in [5.41, 5.74) is 8.94. The SMILES string of the molecule is COc1cc(CCC(=O)CC(=O)CCCCCCCCCO)cc([C@@H](c2ccnc(N)c2)[C@H](CO)Cc2ccc[n-]2)c1O. The van der Waals surface area contributed by atoms with E-state index in [0.717, 1.165) is 61.8 Å². The van der Waals surface area contributed by atoms with Crippen LogP contribution < -0.4 is 15.5 Å². The number of ether oxygens (including phenoxy) is 1. The Bertz CT molecular complexity index is 1280. The number of aromatic nitrogens is 2. The number of hydrogen-bond donors (Lipinski definition) is 4. The van der Waals surface area contributed by atoms with Gasteiger partial charge in [-0.2, -0.15) is 11.9 Å². The minimum Gasteiger partial charge on any atom is -0.668 e. The van der Waals surface area contributed by atoms with Gasteiger partial charge in [-0.3, -0.25) is 9.59 Å². The van der Waals surface area contributed by atoms with Gasteiger partial charge in [-0.15, -0.1) is 0 Å². The number of phenols is 1. The number of ketones is 2. The van der Waals surface area contributed by atoms with Crippen LogP contribution in [0.4, 0.5) is 5.82 Å². The Hall–Kier alpha value is -3.69. The zero-order valence-corrected chi connectivity index (χ0v) is 25.2. The number of phenolic OH excluding ortho intramolecular Hbond substituents is 1. The largest absolute Gasteiger partial charge is 0.668 e. The summed E-state index contributed by atoms with van der Waals surface area (Å²) in [7, 11) is 1.47. The number of Topliss-reactive ketones (excluding diaryl/α,β-unsaturated/α-hetero) is 2. The number of methoxy groups -OCH3 is 1. The van der Waals surface area contributed by atoms with E-state index in [1.54, 1.807) is 24.5 Å². The molecule has 0 saturated carbocycles. The number of anilines is 1. The molecule has 5 N–H and O–H groups in total. The minimum atomic E-state index is -0.465. The fraction of sp³-hybridized carbons (Fsp3) is 0.500. The molecular weight excluding hydrogens is 546 g/mol. The first-order valence-corrected chi connectivity index (χ1v) is 15.3. The lowest BCUT2D eigenvalue weighted by Crippen LogP contribution is -2.22. The lowest BCUT2D eigenvalue weighted by Gasteiger charge is -2.29. The molecule has 9 nitrogen and oxygen atoms in total. The van der Waals surface area contributed by atoms with Crippen LogP contribution in [0.15, 0.2) is 48.8 Å². The summed E-state index contributed by atoms with van der Waals surface area (Å²) in [4.78, 5) is 33.6. The Morgan fingerprint density at radius 2 is 1.70 bits per heavy atom. The lowest BCUT2D eigenvalue weighted by atomic mass is 9.78. The Morgan fingerprint density at radius 1 is 0.977 bits per heavy atom. The summed E-state index contributed by atoms with van der Waals surface area (Å²) in [5, 5.41) is 30.6. The summed E-state index contributed by atoms with van der Waals surface area (Å²) in [6, 6.07) is 10.8. The molecular formula is C34H46N3O6-. The molecule has 0 fully saturated rings. The van der Waals surface area contributed by atoms with Gasteiger partial charge < -0.3 is 30.8 Å². The molecule has 2 aromatic heterocycles. The van der Waals surface area contributed by atoms with Crippen LogP contribution in [-0.2, 0) is 22.4 Å². The number of unbranched alkanes of at least 4 members (excludes halogenated alkanes) is 6. The molecule has 0 radical (unpaired) electrons. The number of pyridine rings is 1. The third-order valence-corrected chi connectivity index (χ3v) is 7.88. The zero-order chi connectivity index (χ0) is 31.0. The predicted molar refractivity (Wildman–Crippen MR) is 166 cm³/mol. The Morgan fingerprint density at radius 3 is 2.35 bits per heavy atom. The van der Waals surface area contributed by atoms with Crippen LogP contribution in [0, 0.1) is 5.92 Å². The van der Waals surface area contributed by atoms with E-state index in [4.69, 9.17) is 15.6 Å². The van der Waals surface area contributed by atoms with Gasteiger partial charge in [0.1, 0.15) is 17.4 Å². The molecule has 2 heterocycles. The molecule has 3 aromatic rings. The van der Waals surface area contributed by atoms with Crippen molar-refractivity contribution in [1.82, 2.24) is 9.97 Å². The third kappa shape index (κ3) is 10.8. The molecule has 0 unspecified atom stereocenters. The molecule has 9 heteroatoms. The van der Waals surface area contributed by atoms with Gasteiger partial charge in [0.25, 0.3) is 0 Å². The Kier molecular flexibility index (Phi) is 14.2. The molecule has 234 valence electrons. The molecule has 0 aliphatic rings. The highest BCUT2D eigenvalue weighted by Gasteiger charge is 2.29. The summed E-state index contributed by atoms with van der Waals surface area (Å²) in [5.74, 6) is -0.414. The van der Waals surface area contributed by atoms with Crippen LogP contribution in [0.1, 0.15) is 92.5 Å². The molecule has 0 amide bonds. The van der Waals surface area contributed by atoms with Crippen molar-refractivity contribution in [3.8, 4) is 11.5 Å². The van der Waals surface area contributed by atoms with Crippen molar-refractivity contribution in [3.63, 3.8) is 0 Å². The Labute approximate surface area is 254 Å². The van der Waals surface area contributed by atoms with E-state index in [9.17, 15) is 19.8 Å².